The van der Waals surface area contributed by atoms with Crippen molar-refractivity contribution in [3.63, 3.8) is 0 Å². The largest absolute Gasteiger partial charge is 0.394 e. The van der Waals surface area contributed by atoms with E-state index >= 15 is 0 Å². The standard InChI is InChI=1S/C18H19N5O4/c24-8-14-13(25)6-12(27-14)7-23-10-21-15-16(19-9-20-17(15)23)22-18(26)11-4-2-1-3-5-11/h1-5,9-10,12-14,24-25H,6-8H2,(H,19,20,22,26)/t12-,13+,14-/m1/s1. The summed E-state index contributed by atoms with van der Waals surface area (Å²) in [5, 5.41) is 21.8. The van der Waals surface area contributed by atoms with Crippen LogP contribution in [0.2, 0.25) is 0 Å². The first kappa shape index (κ1) is 17.5. The van der Waals surface area contributed by atoms with Gasteiger partial charge in [0.25, 0.3) is 5.91 Å². The maximum absolute atomic E-state index is 12.4. The fourth-order valence-electron chi connectivity index (χ4n) is 3.19. The lowest BCUT2D eigenvalue weighted by molar-refractivity contribution is -0.0255. The number of imidazole rings is 1. The van der Waals surface area contributed by atoms with Gasteiger partial charge >= 0.3 is 0 Å². The number of hydrogen-bond donors (Lipinski definition) is 3. The number of nitrogens with zero attached hydrogens (tertiary/aromatic N) is 4. The van der Waals surface area contributed by atoms with Crippen molar-refractivity contribution in [1.29, 1.82) is 0 Å². The van der Waals surface area contributed by atoms with Crippen molar-refractivity contribution in [3.8, 4) is 0 Å². The number of anilines is 1. The number of benzene rings is 1. The van der Waals surface area contributed by atoms with Crippen LogP contribution in [-0.2, 0) is 11.3 Å². The predicted octanol–water partition coefficient (Wildman–Crippen LogP) is 0.589. The molecule has 1 amide bonds. The smallest absolute Gasteiger partial charge is 0.256 e. The van der Waals surface area contributed by atoms with E-state index in [0.717, 1.165) is 0 Å². The Labute approximate surface area is 154 Å². The van der Waals surface area contributed by atoms with Crippen molar-refractivity contribution in [2.24, 2.45) is 0 Å². The first-order valence-electron chi connectivity index (χ1n) is 8.62. The van der Waals surface area contributed by atoms with Gasteiger partial charge in [0.1, 0.15) is 12.4 Å². The molecule has 3 aromatic rings. The zero-order chi connectivity index (χ0) is 18.8. The summed E-state index contributed by atoms with van der Waals surface area (Å²) >= 11 is 0. The molecule has 140 valence electrons. The van der Waals surface area contributed by atoms with Crippen LogP contribution in [0.15, 0.2) is 43.0 Å². The van der Waals surface area contributed by atoms with Crippen LogP contribution in [0.1, 0.15) is 16.8 Å². The van der Waals surface area contributed by atoms with E-state index in [9.17, 15) is 15.0 Å². The molecule has 3 N–H and O–H groups in total. The summed E-state index contributed by atoms with van der Waals surface area (Å²) in [7, 11) is 0. The lowest BCUT2D eigenvalue weighted by atomic mass is 10.1. The molecular weight excluding hydrogens is 350 g/mol. The molecule has 0 radical (unpaired) electrons. The summed E-state index contributed by atoms with van der Waals surface area (Å²) < 4.78 is 7.42. The Hall–Kier alpha value is -2.88. The number of amides is 1. The minimum Gasteiger partial charge on any atom is -0.394 e. The highest BCUT2D eigenvalue weighted by Crippen LogP contribution is 2.24. The molecule has 3 atom stereocenters. The second kappa shape index (κ2) is 7.39. The molecule has 0 bridgehead atoms. The average molecular weight is 369 g/mol. The van der Waals surface area contributed by atoms with Crippen LogP contribution in [0.4, 0.5) is 5.82 Å². The van der Waals surface area contributed by atoms with E-state index in [-0.39, 0.29) is 18.6 Å². The van der Waals surface area contributed by atoms with Gasteiger partial charge in [0.15, 0.2) is 17.0 Å². The third-order valence-corrected chi connectivity index (χ3v) is 4.55. The molecule has 1 saturated heterocycles. The van der Waals surface area contributed by atoms with Crippen LogP contribution in [0.3, 0.4) is 0 Å². The zero-order valence-electron chi connectivity index (χ0n) is 14.4. The summed E-state index contributed by atoms with van der Waals surface area (Å²) in [5.74, 6) is 0.0476. The Morgan fingerprint density at radius 3 is 2.81 bits per heavy atom. The molecule has 0 aliphatic carbocycles. The molecule has 3 heterocycles. The van der Waals surface area contributed by atoms with E-state index in [2.05, 4.69) is 20.3 Å². The second-order valence-corrected chi connectivity index (χ2v) is 6.39. The molecule has 0 unspecified atom stereocenters. The zero-order valence-corrected chi connectivity index (χ0v) is 14.4. The second-order valence-electron chi connectivity index (χ2n) is 6.39. The van der Waals surface area contributed by atoms with E-state index < -0.39 is 12.2 Å². The van der Waals surface area contributed by atoms with Crippen molar-refractivity contribution in [3.05, 3.63) is 48.5 Å². The van der Waals surface area contributed by atoms with Crippen LogP contribution >= 0.6 is 0 Å². The summed E-state index contributed by atoms with van der Waals surface area (Å²) in [6.07, 6.45) is 1.87. The highest BCUT2D eigenvalue weighted by Gasteiger charge is 2.33. The number of hydrogen-bond acceptors (Lipinski definition) is 7. The van der Waals surface area contributed by atoms with Gasteiger partial charge in [0.2, 0.25) is 0 Å². The summed E-state index contributed by atoms with van der Waals surface area (Å²) in [4.78, 5) is 25.1. The summed E-state index contributed by atoms with van der Waals surface area (Å²) in [6, 6.07) is 8.84. The van der Waals surface area contributed by atoms with E-state index in [1.807, 2.05) is 6.07 Å². The molecule has 0 saturated carbocycles. The Kier molecular flexibility index (Phi) is 4.80. The summed E-state index contributed by atoms with van der Waals surface area (Å²) in [5.41, 5.74) is 1.55. The molecule has 2 aromatic heterocycles. The van der Waals surface area contributed by atoms with E-state index in [1.54, 1.807) is 35.2 Å². The van der Waals surface area contributed by atoms with Crippen molar-refractivity contribution < 1.29 is 19.7 Å². The molecule has 1 aliphatic heterocycles. The van der Waals surface area contributed by atoms with Gasteiger partial charge < -0.3 is 24.8 Å². The van der Waals surface area contributed by atoms with Gasteiger partial charge in [-0.1, -0.05) is 18.2 Å². The van der Waals surface area contributed by atoms with Crippen LogP contribution in [-0.4, -0.2) is 60.6 Å². The Balaban J connectivity index is 1.54. The van der Waals surface area contributed by atoms with Crippen LogP contribution < -0.4 is 5.32 Å². The number of nitrogens with one attached hydrogen (secondary N) is 1. The highest BCUT2D eigenvalue weighted by molar-refractivity contribution is 6.06. The maximum Gasteiger partial charge on any atom is 0.256 e. The van der Waals surface area contributed by atoms with Gasteiger partial charge in [-0.2, -0.15) is 0 Å². The molecule has 9 heteroatoms. The quantitative estimate of drug-likeness (QED) is 0.601. The lowest BCUT2D eigenvalue weighted by Crippen LogP contribution is -2.24. The van der Waals surface area contributed by atoms with Crippen molar-refractivity contribution in [2.75, 3.05) is 11.9 Å². The lowest BCUT2D eigenvalue weighted by Gasteiger charge is -2.13. The number of aliphatic hydroxyl groups excluding tert-OH is 2. The molecule has 0 spiro atoms. The van der Waals surface area contributed by atoms with Gasteiger partial charge in [-0.3, -0.25) is 4.79 Å². The minimum atomic E-state index is -0.690. The normalized spacial score (nSPS) is 22.2. The number of rotatable bonds is 5. The van der Waals surface area contributed by atoms with Gasteiger partial charge in [-0.15, -0.1) is 0 Å². The SMILES string of the molecule is O=C(Nc1ncnc2c1ncn2C[C@H]1C[C@H](O)[C@@H](CO)O1)c1ccccc1. The number of ether oxygens (including phenoxy) is 1. The molecule has 9 nitrogen and oxygen atoms in total. The molecule has 4 rings (SSSR count). The number of aromatic nitrogens is 4. The van der Waals surface area contributed by atoms with Gasteiger partial charge in [-0.05, 0) is 12.1 Å². The molecule has 1 aromatic carbocycles. The first-order valence-corrected chi connectivity index (χ1v) is 8.62. The van der Waals surface area contributed by atoms with Gasteiger partial charge in [-0.25, -0.2) is 15.0 Å². The van der Waals surface area contributed by atoms with Crippen LogP contribution in [0.25, 0.3) is 11.2 Å². The van der Waals surface area contributed by atoms with E-state index in [1.165, 1.54) is 6.33 Å². The van der Waals surface area contributed by atoms with Crippen LogP contribution in [0, 0.1) is 0 Å². The molecule has 1 aliphatic rings. The average Bonchev–Trinajstić information content (AvgIpc) is 3.26. The fraction of sp³-hybridized carbons (Fsp3) is 0.333. The Bertz CT molecular complexity index is 945. The van der Waals surface area contributed by atoms with Gasteiger partial charge in [0, 0.05) is 12.0 Å². The number of fused-ring (bicyclic) bond motifs is 1. The third kappa shape index (κ3) is 3.52. The summed E-state index contributed by atoms with van der Waals surface area (Å²) in [6.45, 7) is 0.202. The van der Waals surface area contributed by atoms with Crippen molar-refractivity contribution in [2.45, 2.75) is 31.3 Å². The third-order valence-electron chi connectivity index (χ3n) is 4.55. The Morgan fingerprint density at radius 1 is 1.26 bits per heavy atom. The van der Waals surface area contributed by atoms with Crippen molar-refractivity contribution in [1.82, 2.24) is 19.5 Å². The fourth-order valence-corrected chi connectivity index (χ4v) is 3.19. The van der Waals surface area contributed by atoms with Crippen molar-refractivity contribution >= 4 is 22.9 Å². The number of aliphatic hydroxyl groups is 2. The van der Waals surface area contributed by atoms with Gasteiger partial charge in [0.05, 0.1) is 31.7 Å². The number of carbonyl (C=O) groups is 1. The maximum atomic E-state index is 12.4. The predicted molar refractivity (Wildman–Crippen MR) is 96.1 cm³/mol. The molecule has 27 heavy (non-hydrogen) atoms. The Morgan fingerprint density at radius 2 is 2.07 bits per heavy atom. The molecule has 1 fully saturated rings. The number of carbonyl (C=O) groups excluding carboxylic acids is 1. The van der Waals surface area contributed by atoms with Crippen LogP contribution in [0.5, 0.6) is 0 Å². The highest BCUT2D eigenvalue weighted by atomic mass is 16.5. The monoisotopic (exact) mass is 369 g/mol. The van der Waals surface area contributed by atoms with E-state index in [0.29, 0.717) is 35.5 Å². The first-order chi connectivity index (χ1) is 13.2. The minimum absolute atomic E-state index is 0.222. The topological polar surface area (TPSA) is 122 Å². The molecular formula is C18H19N5O4. The van der Waals surface area contributed by atoms with E-state index in [4.69, 9.17) is 4.74 Å².